The first-order chi connectivity index (χ1) is 14.2. The predicted octanol–water partition coefficient (Wildman–Crippen LogP) is 3.32. The lowest BCUT2D eigenvalue weighted by molar-refractivity contribution is -0.274. The molecule has 30 heavy (non-hydrogen) atoms. The molecule has 0 unspecified atom stereocenters. The van der Waals surface area contributed by atoms with Gasteiger partial charge < -0.3 is 10.1 Å². The molecule has 11 heteroatoms. The van der Waals surface area contributed by atoms with Crippen LogP contribution in [0.2, 0.25) is 0 Å². The molecule has 1 N–H and O–H groups in total. The molecule has 0 aliphatic rings. The first-order valence-electron chi connectivity index (χ1n) is 8.57. The maximum absolute atomic E-state index is 12.9. The van der Waals surface area contributed by atoms with Gasteiger partial charge in [-0.2, -0.15) is 0 Å². The van der Waals surface area contributed by atoms with Crippen molar-refractivity contribution in [2.75, 3.05) is 5.32 Å². The molecule has 0 radical (unpaired) electrons. The molecule has 0 aliphatic heterocycles. The summed E-state index contributed by atoms with van der Waals surface area (Å²) in [6.45, 7) is 0. The fourth-order valence-corrected chi connectivity index (χ4v) is 3.24. The molecule has 2 aromatic carbocycles. The summed E-state index contributed by atoms with van der Waals surface area (Å²) in [4.78, 5) is 20.4. The number of carbonyl (C=O) groups excluding carboxylic acids is 1. The van der Waals surface area contributed by atoms with Gasteiger partial charge in [-0.1, -0.05) is 23.3 Å². The van der Waals surface area contributed by atoms with E-state index < -0.39 is 18.1 Å². The van der Waals surface area contributed by atoms with Crippen LogP contribution in [0.3, 0.4) is 0 Å². The molecule has 1 aromatic heterocycles. The molecular weight excluding hydrogens is 421 g/mol. The second-order valence-corrected chi connectivity index (χ2v) is 7.08. The van der Waals surface area contributed by atoms with Gasteiger partial charge in [-0.25, -0.2) is 14.4 Å². The van der Waals surface area contributed by atoms with E-state index in [4.69, 9.17) is 0 Å². The molecule has 3 rings (SSSR count). The van der Waals surface area contributed by atoms with E-state index in [0.29, 0.717) is 22.2 Å². The van der Waals surface area contributed by atoms with Crippen molar-refractivity contribution >= 4 is 36.7 Å². The van der Waals surface area contributed by atoms with Crippen molar-refractivity contribution in [3.63, 3.8) is 0 Å². The highest BCUT2D eigenvalue weighted by Crippen LogP contribution is 2.25. The molecule has 0 bridgehead atoms. The van der Waals surface area contributed by atoms with Crippen LogP contribution in [0, 0.1) is 5.82 Å². The number of thioether (sulfide) groups is 1. The van der Waals surface area contributed by atoms with Crippen LogP contribution in [0.1, 0.15) is 15.9 Å². The van der Waals surface area contributed by atoms with Crippen molar-refractivity contribution in [1.82, 2.24) is 9.97 Å². The minimum Gasteiger partial charge on any atom is -0.406 e. The van der Waals surface area contributed by atoms with Crippen molar-refractivity contribution in [2.24, 2.45) is 0 Å². The van der Waals surface area contributed by atoms with Crippen molar-refractivity contribution in [3.05, 3.63) is 71.8 Å². The lowest BCUT2D eigenvalue weighted by Crippen LogP contribution is -2.18. The number of nitrogens with zero attached hydrogens (tertiary/aromatic N) is 2. The van der Waals surface area contributed by atoms with Gasteiger partial charge in [-0.15, -0.1) is 13.2 Å². The van der Waals surface area contributed by atoms with Gasteiger partial charge in [0, 0.05) is 23.8 Å². The Kier molecular flexibility index (Phi) is 6.61. The molecule has 0 aliphatic carbocycles. The number of hydrogen-bond acceptors (Lipinski definition) is 5. The standard InChI is InChI=1S/C19H14BF4N3O2S/c20-16-6-5-15(29-19(22,23)24)7-11(16)10-30-18-25-8-12(9-26-18)17(28)27-14-3-1-13(21)2-4-14/h1-9H,10,20H2,(H,27,28). The van der Waals surface area contributed by atoms with Gasteiger partial charge in [0.25, 0.3) is 5.91 Å². The Hall–Kier alpha value is -3.08. The number of ether oxygens (including phenoxy) is 1. The monoisotopic (exact) mass is 435 g/mol. The topological polar surface area (TPSA) is 64.1 Å². The Bertz CT molecular complexity index is 1030. The fraction of sp³-hybridized carbons (Fsp3) is 0.105. The van der Waals surface area contributed by atoms with Crippen LogP contribution in [-0.2, 0) is 5.75 Å². The van der Waals surface area contributed by atoms with Crippen LogP contribution in [0.4, 0.5) is 23.2 Å². The van der Waals surface area contributed by atoms with E-state index in [9.17, 15) is 22.4 Å². The van der Waals surface area contributed by atoms with Crippen LogP contribution >= 0.6 is 11.8 Å². The van der Waals surface area contributed by atoms with E-state index in [2.05, 4.69) is 20.0 Å². The highest BCUT2D eigenvalue weighted by molar-refractivity contribution is 7.98. The van der Waals surface area contributed by atoms with Gasteiger partial charge in [0.2, 0.25) is 0 Å². The second kappa shape index (κ2) is 9.16. The number of amides is 1. The van der Waals surface area contributed by atoms with Gasteiger partial charge in [-0.05, 0) is 42.0 Å². The van der Waals surface area contributed by atoms with Crippen molar-refractivity contribution in [1.29, 1.82) is 0 Å². The summed E-state index contributed by atoms with van der Waals surface area (Å²) in [7, 11) is 1.77. The molecule has 0 saturated carbocycles. The van der Waals surface area contributed by atoms with Gasteiger partial charge >= 0.3 is 6.36 Å². The van der Waals surface area contributed by atoms with Crippen molar-refractivity contribution in [2.45, 2.75) is 17.3 Å². The molecule has 154 valence electrons. The lowest BCUT2D eigenvalue weighted by Gasteiger charge is -2.12. The first-order valence-corrected chi connectivity index (χ1v) is 9.55. The molecule has 0 spiro atoms. The van der Waals surface area contributed by atoms with Gasteiger partial charge in [0.15, 0.2) is 5.16 Å². The van der Waals surface area contributed by atoms with Crippen LogP contribution in [0.5, 0.6) is 5.75 Å². The molecule has 1 heterocycles. The summed E-state index contributed by atoms with van der Waals surface area (Å²) in [6, 6.07) is 9.42. The highest BCUT2D eigenvalue weighted by atomic mass is 32.2. The maximum atomic E-state index is 12.9. The van der Waals surface area contributed by atoms with Crippen LogP contribution in [-0.4, -0.2) is 30.1 Å². The third-order valence-electron chi connectivity index (χ3n) is 3.90. The van der Waals surface area contributed by atoms with Crippen LogP contribution in [0.15, 0.2) is 60.0 Å². The number of nitrogens with one attached hydrogen (secondary N) is 1. The van der Waals surface area contributed by atoms with E-state index in [-0.39, 0.29) is 11.3 Å². The summed E-state index contributed by atoms with van der Waals surface area (Å²) < 4.78 is 54.0. The summed E-state index contributed by atoms with van der Waals surface area (Å²) in [5.74, 6) is -0.839. The number of carbonyl (C=O) groups is 1. The molecular formula is C19H14BF4N3O2S. The average Bonchev–Trinajstić information content (AvgIpc) is 2.69. The Morgan fingerprint density at radius 2 is 1.77 bits per heavy atom. The number of rotatable bonds is 6. The predicted molar refractivity (Wildman–Crippen MR) is 107 cm³/mol. The molecule has 5 nitrogen and oxygen atoms in total. The molecule has 0 saturated heterocycles. The second-order valence-electron chi connectivity index (χ2n) is 6.14. The van der Waals surface area contributed by atoms with Gasteiger partial charge in [0.05, 0.1) is 5.56 Å². The van der Waals surface area contributed by atoms with Crippen molar-refractivity contribution in [3.8, 4) is 5.75 Å². The van der Waals surface area contributed by atoms with E-state index in [1.807, 2.05) is 0 Å². The number of halogens is 4. The minimum atomic E-state index is -4.76. The summed E-state index contributed by atoms with van der Waals surface area (Å²) in [5.41, 5.74) is 2.08. The SMILES string of the molecule is Bc1ccc(OC(F)(F)F)cc1CSc1ncc(C(=O)Nc2ccc(F)cc2)cn1. The Morgan fingerprint density at radius 3 is 2.40 bits per heavy atom. The third-order valence-corrected chi connectivity index (χ3v) is 4.83. The van der Waals surface area contributed by atoms with Crippen LogP contribution in [0.25, 0.3) is 0 Å². The first kappa shape index (κ1) is 21.6. The number of benzene rings is 2. The number of alkyl halides is 3. The summed E-state index contributed by atoms with van der Waals surface area (Å²) in [6.07, 6.45) is -2.08. The Labute approximate surface area is 174 Å². The van der Waals surface area contributed by atoms with Crippen LogP contribution < -0.4 is 15.5 Å². The number of hydrogen-bond donors (Lipinski definition) is 1. The number of anilines is 1. The zero-order valence-corrected chi connectivity index (χ0v) is 16.4. The lowest BCUT2D eigenvalue weighted by atomic mass is 9.91. The fourth-order valence-electron chi connectivity index (χ4n) is 2.39. The molecule has 3 aromatic rings. The molecule has 0 fully saturated rings. The smallest absolute Gasteiger partial charge is 0.406 e. The third kappa shape index (κ3) is 6.21. The number of aromatic nitrogens is 2. The zero-order chi connectivity index (χ0) is 21.7. The van der Waals surface area contributed by atoms with E-state index in [1.165, 1.54) is 60.6 Å². The largest absolute Gasteiger partial charge is 0.573 e. The minimum absolute atomic E-state index is 0.209. The maximum Gasteiger partial charge on any atom is 0.573 e. The van der Waals surface area contributed by atoms with E-state index >= 15 is 0 Å². The van der Waals surface area contributed by atoms with Gasteiger partial charge in [-0.3, -0.25) is 4.79 Å². The Balaban J connectivity index is 1.61. The van der Waals surface area contributed by atoms with Crippen molar-refractivity contribution < 1.29 is 27.1 Å². The average molecular weight is 435 g/mol. The summed E-state index contributed by atoms with van der Waals surface area (Å²) in [5, 5.41) is 2.95. The van der Waals surface area contributed by atoms with E-state index in [0.717, 1.165) is 5.46 Å². The zero-order valence-electron chi connectivity index (χ0n) is 15.5. The molecule has 1 amide bonds. The van der Waals surface area contributed by atoms with Gasteiger partial charge in [0.1, 0.15) is 19.4 Å². The summed E-state index contributed by atoms with van der Waals surface area (Å²) >= 11 is 1.21. The normalized spacial score (nSPS) is 11.2. The molecule has 0 atom stereocenters. The quantitative estimate of drug-likeness (QED) is 0.279. The highest BCUT2D eigenvalue weighted by Gasteiger charge is 2.31. The van der Waals surface area contributed by atoms with E-state index in [1.54, 1.807) is 13.9 Å². The Morgan fingerprint density at radius 1 is 1.10 bits per heavy atom.